The van der Waals surface area contributed by atoms with E-state index in [0.29, 0.717) is 4.47 Å². The summed E-state index contributed by atoms with van der Waals surface area (Å²) < 4.78 is 19.9. The Balaban J connectivity index is 3.02. The Kier molecular flexibility index (Phi) is 3.54. The van der Waals surface area contributed by atoms with Gasteiger partial charge in [-0.15, -0.1) is 11.3 Å². The third-order valence-corrected chi connectivity index (χ3v) is 3.92. The molecule has 8 heteroatoms. The number of rotatable bonds is 3. The van der Waals surface area contributed by atoms with Gasteiger partial charge in [-0.2, -0.15) is 0 Å². The second-order valence-corrected chi connectivity index (χ2v) is 4.94. The summed E-state index contributed by atoms with van der Waals surface area (Å²) in [5.74, 6) is 0. The topological polar surface area (TPSA) is 80.4 Å². The van der Waals surface area contributed by atoms with Crippen LogP contribution in [-0.2, 0) is 11.1 Å². The second kappa shape index (κ2) is 4.27. The van der Waals surface area contributed by atoms with Crippen molar-refractivity contribution >= 4 is 38.3 Å². The van der Waals surface area contributed by atoms with E-state index in [1.54, 1.807) is 5.38 Å². The fraction of sp³-hybridized carbons (Fsp3) is 0.200. The summed E-state index contributed by atoms with van der Waals surface area (Å²) in [4.78, 5) is 9.89. The van der Waals surface area contributed by atoms with Gasteiger partial charge in [-0.3, -0.25) is 10.1 Å². The van der Waals surface area contributed by atoms with Gasteiger partial charge in [-0.1, -0.05) is 0 Å². The molecule has 0 amide bonds. The summed E-state index contributed by atoms with van der Waals surface area (Å²) in [6.07, 6.45) is 0. The average Bonchev–Trinajstić information content (AvgIpc) is 2.34. The van der Waals surface area contributed by atoms with Crippen LogP contribution in [-0.4, -0.2) is 13.7 Å². The van der Waals surface area contributed by atoms with Crippen molar-refractivity contribution in [2.75, 3.05) is 0 Å². The van der Waals surface area contributed by atoms with Crippen LogP contribution in [0.4, 0.5) is 0 Å². The Morgan fingerprint density at radius 2 is 2.38 bits per heavy atom. The van der Waals surface area contributed by atoms with Crippen molar-refractivity contribution in [1.29, 1.82) is 0 Å². The highest BCUT2D eigenvalue weighted by Crippen LogP contribution is 2.28. The zero-order valence-corrected chi connectivity index (χ0v) is 9.26. The third-order valence-electron chi connectivity index (χ3n) is 1.21. The fourth-order valence-electron chi connectivity index (χ4n) is 0.735. The quantitative estimate of drug-likeness (QED) is 0.523. The lowest BCUT2D eigenvalue weighted by molar-refractivity contribution is -0.502. The van der Waals surface area contributed by atoms with E-state index in [1.807, 2.05) is 0 Å². The van der Waals surface area contributed by atoms with Gasteiger partial charge in [0.1, 0.15) is 0 Å². The second-order valence-electron chi connectivity index (χ2n) is 2.08. The van der Waals surface area contributed by atoms with Crippen LogP contribution in [0.2, 0.25) is 0 Å². The largest absolute Gasteiger partial charge is 0.344 e. The maximum atomic E-state index is 10.6. The molecule has 5 nitrogen and oxygen atoms in total. The summed E-state index contributed by atoms with van der Waals surface area (Å²) in [6.45, 7) is 0. The van der Waals surface area contributed by atoms with Crippen LogP contribution >= 0.6 is 27.3 Å². The van der Waals surface area contributed by atoms with Crippen LogP contribution in [0, 0.1) is 10.1 Å². The zero-order chi connectivity index (χ0) is 10.0. The summed E-state index contributed by atoms with van der Waals surface area (Å²) in [5, 5.41) is 10.5. The maximum absolute atomic E-state index is 10.6. The number of nitro groups is 1. The maximum Gasteiger partial charge on any atom is 0.344 e. The molecule has 0 aromatic carbocycles. The molecule has 2 unspecified atom stereocenters. The van der Waals surface area contributed by atoms with Crippen molar-refractivity contribution in [1.82, 2.24) is 0 Å². The van der Waals surface area contributed by atoms with E-state index in [9.17, 15) is 14.3 Å². The fourth-order valence-corrected chi connectivity index (χ4v) is 2.96. The molecule has 72 valence electrons. The third kappa shape index (κ3) is 2.56. The van der Waals surface area contributed by atoms with Gasteiger partial charge in [0.2, 0.25) is 11.1 Å². The number of hydrogen-bond donors (Lipinski definition) is 1. The van der Waals surface area contributed by atoms with Gasteiger partial charge in [0, 0.05) is 14.8 Å². The van der Waals surface area contributed by atoms with E-state index in [0.717, 1.165) is 11.3 Å². The number of nitrogens with zero attached hydrogens (tertiary/aromatic N) is 1. The van der Waals surface area contributed by atoms with Gasteiger partial charge in [0.05, 0.1) is 4.88 Å². The normalized spacial score (nSPS) is 15.2. The Morgan fingerprint density at radius 1 is 1.77 bits per heavy atom. The molecule has 1 heterocycles. The lowest BCUT2D eigenvalue weighted by atomic mass is 10.5. The van der Waals surface area contributed by atoms with Gasteiger partial charge >= 0.3 is 5.37 Å². The molecular weight excluding hydrogens is 282 g/mol. The van der Waals surface area contributed by atoms with Crippen molar-refractivity contribution < 1.29 is 13.7 Å². The van der Waals surface area contributed by atoms with Crippen LogP contribution in [0.3, 0.4) is 0 Å². The molecule has 1 rings (SSSR count). The molecule has 1 aromatic heterocycles. The monoisotopic (exact) mass is 285 g/mol. The molecule has 0 saturated carbocycles. The van der Waals surface area contributed by atoms with Crippen molar-refractivity contribution in [2.24, 2.45) is 0 Å². The first-order chi connectivity index (χ1) is 6.02. The van der Waals surface area contributed by atoms with E-state index in [1.165, 1.54) is 6.07 Å². The Bertz CT molecular complexity index is 338. The van der Waals surface area contributed by atoms with Crippen LogP contribution in [0.25, 0.3) is 0 Å². The minimum atomic E-state index is -2.48. The van der Waals surface area contributed by atoms with E-state index in [4.69, 9.17) is 4.55 Å². The molecule has 0 aliphatic heterocycles. The highest BCUT2D eigenvalue weighted by atomic mass is 79.9. The first-order valence-corrected chi connectivity index (χ1v) is 5.83. The Morgan fingerprint density at radius 3 is 2.69 bits per heavy atom. The average molecular weight is 286 g/mol. The molecule has 2 atom stereocenters. The van der Waals surface area contributed by atoms with Crippen LogP contribution in [0.1, 0.15) is 10.3 Å². The molecule has 0 spiro atoms. The molecule has 0 saturated heterocycles. The summed E-state index contributed by atoms with van der Waals surface area (Å²) >= 11 is 1.70. The predicted molar refractivity (Wildman–Crippen MR) is 52.5 cm³/mol. The molecule has 13 heavy (non-hydrogen) atoms. The molecule has 0 bridgehead atoms. The lowest BCUT2D eigenvalue weighted by Gasteiger charge is -2.00. The predicted octanol–water partition coefficient (Wildman–Crippen LogP) is 2.01. The smallest absolute Gasteiger partial charge is 0.301 e. The first-order valence-electron chi connectivity index (χ1n) is 2.99. The van der Waals surface area contributed by atoms with Crippen LogP contribution in [0.5, 0.6) is 0 Å². The number of thiophene rings is 1. The molecule has 0 fully saturated rings. The van der Waals surface area contributed by atoms with Gasteiger partial charge < -0.3 is 4.55 Å². The Hall–Kier alpha value is -0.310. The molecule has 0 aliphatic carbocycles. The molecule has 1 N–H and O–H groups in total. The minimum absolute atomic E-state index is 0.262. The van der Waals surface area contributed by atoms with E-state index < -0.39 is 21.4 Å². The zero-order valence-electron chi connectivity index (χ0n) is 6.05. The van der Waals surface area contributed by atoms with Crippen molar-refractivity contribution in [3.05, 3.63) is 30.9 Å². The summed E-state index contributed by atoms with van der Waals surface area (Å²) in [5.41, 5.74) is 0. The van der Waals surface area contributed by atoms with E-state index in [2.05, 4.69) is 15.9 Å². The number of hydrogen-bond acceptors (Lipinski definition) is 4. The SMILES string of the molecule is O=[N+]([O-])C(c1cc(Br)cs1)S(=O)O. The molecule has 0 aliphatic rings. The van der Waals surface area contributed by atoms with E-state index >= 15 is 0 Å². The van der Waals surface area contributed by atoms with Crippen LogP contribution < -0.4 is 0 Å². The summed E-state index contributed by atoms with van der Waals surface area (Å²) in [6, 6.07) is 1.46. The van der Waals surface area contributed by atoms with Gasteiger partial charge in [0.25, 0.3) is 0 Å². The lowest BCUT2D eigenvalue weighted by Crippen LogP contribution is -2.14. The standard InChI is InChI=1S/C5H4BrNO4S2/c6-3-1-4(12-2-3)5(7(8)9)13(10)11/h1-2,5H,(H,10,11). The first kappa shape index (κ1) is 10.8. The molecule has 0 radical (unpaired) electrons. The van der Waals surface area contributed by atoms with Gasteiger partial charge in [0.15, 0.2) is 0 Å². The van der Waals surface area contributed by atoms with Crippen molar-refractivity contribution in [3.8, 4) is 0 Å². The van der Waals surface area contributed by atoms with E-state index in [-0.39, 0.29) is 4.88 Å². The van der Waals surface area contributed by atoms with Crippen molar-refractivity contribution in [3.63, 3.8) is 0 Å². The highest BCUT2D eigenvalue weighted by Gasteiger charge is 2.30. The van der Waals surface area contributed by atoms with Crippen molar-refractivity contribution in [2.45, 2.75) is 5.37 Å². The summed E-state index contributed by atoms with van der Waals surface area (Å²) in [7, 11) is 0. The van der Waals surface area contributed by atoms with Gasteiger partial charge in [-0.05, 0) is 22.0 Å². The van der Waals surface area contributed by atoms with Gasteiger partial charge in [-0.25, -0.2) is 4.21 Å². The Labute approximate surface area is 88.3 Å². The highest BCUT2D eigenvalue weighted by molar-refractivity contribution is 9.10. The minimum Gasteiger partial charge on any atom is -0.301 e. The number of halogens is 1. The van der Waals surface area contributed by atoms with Crippen LogP contribution in [0.15, 0.2) is 15.9 Å². The molecular formula is C5H4BrNO4S2. The molecule has 1 aromatic rings.